The first-order chi connectivity index (χ1) is 13.2. The van der Waals surface area contributed by atoms with Gasteiger partial charge in [0, 0.05) is 24.3 Å². The van der Waals surface area contributed by atoms with Gasteiger partial charge in [-0.25, -0.2) is 0 Å². The van der Waals surface area contributed by atoms with Crippen molar-refractivity contribution in [1.29, 1.82) is 0 Å². The summed E-state index contributed by atoms with van der Waals surface area (Å²) in [6.45, 7) is 10.8. The first kappa shape index (κ1) is 23.0. The van der Waals surface area contributed by atoms with Gasteiger partial charge in [-0.3, -0.25) is 19.3 Å². The van der Waals surface area contributed by atoms with Gasteiger partial charge >= 0.3 is 0 Å². The number of hydrogen-bond acceptors (Lipinski definition) is 5. The Morgan fingerprint density at radius 3 is 2.43 bits per heavy atom. The molecule has 2 heterocycles. The van der Waals surface area contributed by atoms with Crippen molar-refractivity contribution in [2.24, 2.45) is 5.92 Å². The molecule has 160 valence electrons. The van der Waals surface area contributed by atoms with Gasteiger partial charge in [-0.1, -0.05) is 6.92 Å². The van der Waals surface area contributed by atoms with Crippen molar-refractivity contribution in [3.63, 3.8) is 0 Å². The smallest absolute Gasteiger partial charge is 0.243 e. The van der Waals surface area contributed by atoms with Gasteiger partial charge in [-0.2, -0.15) is 0 Å². The number of nitrogens with zero attached hydrogens (tertiary/aromatic N) is 2. The molecular weight excluding hydrogens is 376 g/mol. The minimum absolute atomic E-state index is 0.0264. The highest BCUT2D eigenvalue weighted by Gasteiger charge is 2.34. The molecule has 0 aromatic carbocycles. The lowest BCUT2D eigenvalue weighted by Gasteiger charge is -2.32. The predicted octanol–water partition coefficient (Wildman–Crippen LogP) is 1.43. The molecule has 2 aliphatic heterocycles. The number of piperidine rings is 1. The Hall–Kier alpha value is -1.28. The maximum absolute atomic E-state index is 12.6. The zero-order valence-electron chi connectivity index (χ0n) is 17.8. The van der Waals surface area contributed by atoms with Crippen LogP contribution in [0.1, 0.15) is 53.4 Å². The van der Waals surface area contributed by atoms with Crippen LogP contribution in [-0.4, -0.2) is 76.9 Å². The molecule has 8 heteroatoms. The number of rotatable bonds is 7. The lowest BCUT2D eigenvalue weighted by atomic mass is 9.96. The van der Waals surface area contributed by atoms with Gasteiger partial charge in [0.1, 0.15) is 6.04 Å². The summed E-state index contributed by atoms with van der Waals surface area (Å²) >= 11 is 1.64. The van der Waals surface area contributed by atoms with Crippen LogP contribution < -0.4 is 10.6 Å². The molecule has 0 unspecified atom stereocenters. The van der Waals surface area contributed by atoms with E-state index in [4.69, 9.17) is 0 Å². The molecule has 0 aromatic rings. The zero-order valence-corrected chi connectivity index (χ0v) is 18.6. The van der Waals surface area contributed by atoms with Gasteiger partial charge in [0.25, 0.3) is 0 Å². The van der Waals surface area contributed by atoms with Crippen LogP contribution in [0.25, 0.3) is 0 Å². The maximum atomic E-state index is 12.6. The molecule has 2 N–H and O–H groups in total. The Balaban J connectivity index is 1.70. The summed E-state index contributed by atoms with van der Waals surface area (Å²) in [5.74, 6) is 1.85. The summed E-state index contributed by atoms with van der Waals surface area (Å²) in [5, 5.41) is 6.06. The number of carbonyl (C=O) groups is 3. The fourth-order valence-electron chi connectivity index (χ4n) is 3.64. The average molecular weight is 413 g/mol. The second-order valence-corrected chi connectivity index (χ2v) is 9.89. The second kappa shape index (κ2) is 10.5. The Morgan fingerprint density at radius 1 is 1.14 bits per heavy atom. The largest absolute Gasteiger partial charge is 0.354 e. The zero-order chi connectivity index (χ0) is 20.7. The summed E-state index contributed by atoms with van der Waals surface area (Å²) in [5.41, 5.74) is -0.204. The third kappa shape index (κ3) is 7.28. The number of nitrogens with one attached hydrogen (secondary N) is 2. The maximum Gasteiger partial charge on any atom is 0.243 e. The normalized spacial score (nSPS) is 21.6. The van der Waals surface area contributed by atoms with E-state index < -0.39 is 0 Å². The van der Waals surface area contributed by atoms with E-state index in [1.165, 1.54) is 0 Å². The fourth-order valence-corrected chi connectivity index (χ4v) is 4.82. The van der Waals surface area contributed by atoms with Crippen molar-refractivity contribution >= 4 is 29.5 Å². The summed E-state index contributed by atoms with van der Waals surface area (Å²) in [4.78, 5) is 40.7. The SMILES string of the molecule is CCCC(=O)N1CSC[C@@H]1C(=O)NCC1CCN(CC(=O)NC(C)(C)C)CC1. The Morgan fingerprint density at radius 2 is 1.82 bits per heavy atom. The minimum atomic E-state index is -0.328. The van der Waals surface area contributed by atoms with Gasteiger partial charge < -0.3 is 15.5 Å². The van der Waals surface area contributed by atoms with E-state index in [1.54, 1.807) is 16.7 Å². The summed E-state index contributed by atoms with van der Waals surface area (Å²) < 4.78 is 0. The number of likely N-dealkylation sites (tertiary alicyclic amines) is 1. The highest BCUT2D eigenvalue weighted by molar-refractivity contribution is 7.99. The number of thioether (sulfide) groups is 1. The summed E-state index contributed by atoms with van der Waals surface area (Å²) in [7, 11) is 0. The molecule has 0 saturated carbocycles. The van der Waals surface area contributed by atoms with E-state index in [1.807, 2.05) is 27.7 Å². The lowest BCUT2D eigenvalue weighted by molar-refractivity contribution is -0.138. The molecule has 0 radical (unpaired) electrons. The van der Waals surface area contributed by atoms with E-state index in [9.17, 15) is 14.4 Å². The molecule has 2 rings (SSSR count). The number of carbonyl (C=O) groups excluding carboxylic acids is 3. The molecule has 0 aromatic heterocycles. The molecule has 0 bridgehead atoms. The topological polar surface area (TPSA) is 81.8 Å². The van der Waals surface area contributed by atoms with Crippen LogP contribution >= 0.6 is 11.8 Å². The van der Waals surface area contributed by atoms with Crippen LogP contribution in [-0.2, 0) is 14.4 Å². The van der Waals surface area contributed by atoms with Crippen molar-refractivity contribution in [1.82, 2.24) is 20.4 Å². The molecule has 0 spiro atoms. The molecule has 0 aliphatic carbocycles. The molecule has 3 amide bonds. The molecule has 2 aliphatic rings. The molecular formula is C20H36N4O3S. The van der Waals surface area contributed by atoms with E-state index in [0.717, 1.165) is 32.4 Å². The highest BCUT2D eigenvalue weighted by atomic mass is 32.2. The third-order valence-corrected chi connectivity index (χ3v) is 6.14. The van der Waals surface area contributed by atoms with E-state index in [2.05, 4.69) is 15.5 Å². The van der Waals surface area contributed by atoms with Crippen molar-refractivity contribution in [2.45, 2.75) is 65.0 Å². The van der Waals surface area contributed by atoms with Crippen LogP contribution in [0.3, 0.4) is 0 Å². The fraction of sp³-hybridized carbons (Fsp3) is 0.850. The van der Waals surface area contributed by atoms with E-state index in [0.29, 0.717) is 37.1 Å². The predicted molar refractivity (Wildman–Crippen MR) is 113 cm³/mol. The lowest BCUT2D eigenvalue weighted by Crippen LogP contribution is -2.50. The van der Waals surface area contributed by atoms with E-state index in [-0.39, 0.29) is 29.3 Å². The van der Waals surface area contributed by atoms with Crippen molar-refractivity contribution in [3.05, 3.63) is 0 Å². The molecule has 7 nitrogen and oxygen atoms in total. The molecule has 2 saturated heterocycles. The monoisotopic (exact) mass is 412 g/mol. The third-order valence-electron chi connectivity index (χ3n) is 5.12. The molecule has 1 atom stereocenters. The quantitative estimate of drug-likeness (QED) is 0.661. The summed E-state index contributed by atoms with van der Waals surface area (Å²) in [6.07, 6.45) is 3.26. The standard InChI is InChI=1S/C20H36N4O3S/c1-5-6-18(26)24-14-28-13-16(24)19(27)21-11-15-7-9-23(10-8-15)12-17(25)22-20(2,3)4/h15-16H,5-14H2,1-4H3,(H,21,27)(H,22,25)/t16-/m1/s1. The minimum Gasteiger partial charge on any atom is -0.354 e. The first-order valence-corrected chi connectivity index (χ1v) is 11.5. The Bertz CT molecular complexity index is 556. The van der Waals surface area contributed by atoms with Crippen LogP contribution in [0.4, 0.5) is 0 Å². The van der Waals surface area contributed by atoms with Crippen molar-refractivity contribution in [3.8, 4) is 0 Å². The van der Waals surface area contributed by atoms with E-state index >= 15 is 0 Å². The van der Waals surface area contributed by atoms with Gasteiger partial charge in [-0.15, -0.1) is 11.8 Å². The molecule has 2 fully saturated rings. The second-order valence-electron chi connectivity index (χ2n) is 8.89. The Kier molecular flexibility index (Phi) is 8.61. The first-order valence-electron chi connectivity index (χ1n) is 10.4. The van der Waals surface area contributed by atoms with Crippen LogP contribution in [0.15, 0.2) is 0 Å². The number of amides is 3. The van der Waals surface area contributed by atoms with Gasteiger partial charge in [0.15, 0.2) is 0 Å². The van der Waals surface area contributed by atoms with Crippen LogP contribution in [0.2, 0.25) is 0 Å². The van der Waals surface area contributed by atoms with Crippen molar-refractivity contribution in [2.75, 3.05) is 37.8 Å². The summed E-state index contributed by atoms with van der Waals surface area (Å²) in [6, 6.07) is -0.328. The van der Waals surface area contributed by atoms with Crippen LogP contribution in [0, 0.1) is 5.92 Å². The van der Waals surface area contributed by atoms with Crippen molar-refractivity contribution < 1.29 is 14.4 Å². The van der Waals surface area contributed by atoms with Gasteiger partial charge in [0.2, 0.25) is 17.7 Å². The van der Waals surface area contributed by atoms with Gasteiger partial charge in [0.05, 0.1) is 12.4 Å². The highest BCUT2D eigenvalue weighted by Crippen LogP contribution is 2.23. The molecule has 28 heavy (non-hydrogen) atoms. The van der Waals surface area contributed by atoms with Crippen LogP contribution in [0.5, 0.6) is 0 Å². The average Bonchev–Trinajstić information content (AvgIpc) is 3.09. The number of hydrogen-bond donors (Lipinski definition) is 2. The Labute approximate surface area is 173 Å². The van der Waals surface area contributed by atoms with Gasteiger partial charge in [-0.05, 0) is 59.0 Å².